The summed E-state index contributed by atoms with van der Waals surface area (Å²) in [4.78, 5) is 31.0. The lowest BCUT2D eigenvalue weighted by atomic mass is 10.2. The van der Waals surface area contributed by atoms with Crippen molar-refractivity contribution in [1.82, 2.24) is 25.3 Å². The number of rotatable bonds is 11. The van der Waals surface area contributed by atoms with Crippen LogP contribution in [0.2, 0.25) is 0 Å². The van der Waals surface area contributed by atoms with Crippen LogP contribution in [0, 0.1) is 0 Å². The van der Waals surface area contributed by atoms with Gasteiger partial charge in [0.1, 0.15) is 0 Å². The minimum absolute atomic E-state index is 0.0158. The van der Waals surface area contributed by atoms with Crippen molar-refractivity contribution in [2.45, 2.75) is 12.6 Å². The summed E-state index contributed by atoms with van der Waals surface area (Å²) in [7, 11) is 1.62. The molecule has 9 nitrogen and oxygen atoms in total. The molecule has 0 saturated carbocycles. The molecular weight excluding hydrogens is 410 g/mol. The van der Waals surface area contributed by atoms with Crippen LogP contribution in [0.5, 0.6) is 0 Å². The van der Waals surface area contributed by atoms with Crippen molar-refractivity contribution in [2.75, 3.05) is 85.8 Å². The Hall–Kier alpha value is -2.04. The summed E-state index contributed by atoms with van der Waals surface area (Å²) < 4.78 is 10.8. The standard InChI is InChI=1S/C23H37N5O4/c1-31-13-7-24-22(29)18-26-8-10-27(11-9-26)19-23(30)25-15-21-17-28(12-14-32-21)16-20-5-3-2-4-6-20/h2-6,21H,7-19H2,1H3,(H,24,29)(H,25,30). The third kappa shape index (κ3) is 8.84. The second-order valence-electron chi connectivity index (χ2n) is 8.41. The maximum atomic E-state index is 12.4. The molecule has 0 bridgehead atoms. The Labute approximate surface area is 191 Å². The number of amides is 2. The van der Waals surface area contributed by atoms with Gasteiger partial charge < -0.3 is 20.1 Å². The topological polar surface area (TPSA) is 86.4 Å². The summed E-state index contributed by atoms with van der Waals surface area (Å²) in [5, 5.41) is 5.87. The molecule has 1 aromatic carbocycles. The third-order valence-electron chi connectivity index (χ3n) is 5.83. The average Bonchev–Trinajstić information content (AvgIpc) is 2.80. The maximum absolute atomic E-state index is 12.4. The first-order chi connectivity index (χ1) is 15.6. The molecule has 2 fully saturated rings. The van der Waals surface area contributed by atoms with Gasteiger partial charge in [0.25, 0.3) is 0 Å². The monoisotopic (exact) mass is 447 g/mol. The normalized spacial score (nSPS) is 20.7. The molecule has 9 heteroatoms. The highest BCUT2D eigenvalue weighted by Gasteiger charge is 2.23. The van der Waals surface area contributed by atoms with Gasteiger partial charge in [-0.25, -0.2) is 0 Å². The predicted molar refractivity (Wildman–Crippen MR) is 122 cm³/mol. The van der Waals surface area contributed by atoms with E-state index in [1.54, 1.807) is 7.11 Å². The lowest BCUT2D eigenvalue weighted by Crippen LogP contribution is -2.52. The van der Waals surface area contributed by atoms with Crippen LogP contribution in [0.25, 0.3) is 0 Å². The molecule has 2 N–H and O–H groups in total. The van der Waals surface area contributed by atoms with E-state index >= 15 is 0 Å². The van der Waals surface area contributed by atoms with Crippen molar-refractivity contribution in [2.24, 2.45) is 0 Å². The van der Waals surface area contributed by atoms with Crippen molar-refractivity contribution in [3.8, 4) is 0 Å². The van der Waals surface area contributed by atoms with Gasteiger partial charge in [-0.1, -0.05) is 30.3 Å². The number of hydrogen-bond donors (Lipinski definition) is 2. The fraction of sp³-hybridized carbons (Fsp3) is 0.652. The number of hydrogen-bond acceptors (Lipinski definition) is 7. The van der Waals surface area contributed by atoms with Crippen LogP contribution in [-0.4, -0.2) is 118 Å². The molecule has 1 unspecified atom stereocenters. The highest BCUT2D eigenvalue weighted by Crippen LogP contribution is 2.10. The molecule has 0 spiro atoms. The molecule has 1 atom stereocenters. The lowest BCUT2D eigenvalue weighted by molar-refractivity contribution is -0.125. The van der Waals surface area contributed by atoms with E-state index in [4.69, 9.17) is 9.47 Å². The van der Waals surface area contributed by atoms with Crippen LogP contribution < -0.4 is 10.6 Å². The van der Waals surface area contributed by atoms with Gasteiger partial charge in [-0.2, -0.15) is 0 Å². The number of nitrogens with zero attached hydrogens (tertiary/aromatic N) is 3. The molecule has 3 rings (SSSR count). The van der Waals surface area contributed by atoms with Crippen molar-refractivity contribution in [3.63, 3.8) is 0 Å². The Morgan fingerprint density at radius 3 is 2.28 bits per heavy atom. The van der Waals surface area contributed by atoms with Gasteiger partial charge in [0.05, 0.1) is 32.4 Å². The van der Waals surface area contributed by atoms with Crippen molar-refractivity contribution >= 4 is 11.8 Å². The summed E-state index contributed by atoms with van der Waals surface area (Å²) in [6.45, 7) is 8.81. The molecule has 0 aliphatic carbocycles. The second kappa shape index (κ2) is 13.5. The van der Waals surface area contributed by atoms with Crippen molar-refractivity contribution in [1.29, 1.82) is 0 Å². The smallest absolute Gasteiger partial charge is 0.234 e. The molecular formula is C23H37N5O4. The first-order valence-corrected chi connectivity index (χ1v) is 11.5. The molecule has 178 valence electrons. The van der Waals surface area contributed by atoms with Gasteiger partial charge in [0, 0.05) is 66.0 Å². The fourth-order valence-electron chi connectivity index (χ4n) is 4.03. The number of carbonyl (C=O) groups excluding carboxylic acids is 2. The zero-order valence-corrected chi connectivity index (χ0v) is 19.1. The number of methoxy groups -OCH3 is 1. The molecule has 2 saturated heterocycles. The molecule has 0 aromatic heterocycles. The highest BCUT2D eigenvalue weighted by molar-refractivity contribution is 5.78. The van der Waals surface area contributed by atoms with Gasteiger partial charge in [-0.15, -0.1) is 0 Å². The predicted octanol–water partition coefficient (Wildman–Crippen LogP) is -0.616. The van der Waals surface area contributed by atoms with Crippen LogP contribution in [0.1, 0.15) is 5.56 Å². The molecule has 2 aliphatic heterocycles. The summed E-state index contributed by atoms with van der Waals surface area (Å²) in [6.07, 6.45) is 0.0184. The Balaban J connectivity index is 1.28. The van der Waals surface area contributed by atoms with Gasteiger partial charge in [0.2, 0.25) is 11.8 Å². The van der Waals surface area contributed by atoms with E-state index in [2.05, 4.69) is 49.6 Å². The first-order valence-electron chi connectivity index (χ1n) is 11.5. The van der Waals surface area contributed by atoms with Crippen molar-refractivity contribution < 1.29 is 19.1 Å². The van der Waals surface area contributed by atoms with Gasteiger partial charge in [-0.3, -0.25) is 24.3 Å². The minimum atomic E-state index is 0.0158. The van der Waals surface area contributed by atoms with Gasteiger partial charge in [-0.05, 0) is 5.56 Å². The summed E-state index contributed by atoms with van der Waals surface area (Å²) in [6, 6.07) is 10.4. The Morgan fingerprint density at radius 1 is 0.969 bits per heavy atom. The van der Waals surface area contributed by atoms with E-state index in [0.29, 0.717) is 39.4 Å². The van der Waals surface area contributed by atoms with Gasteiger partial charge in [0.15, 0.2) is 0 Å². The largest absolute Gasteiger partial charge is 0.383 e. The van der Waals surface area contributed by atoms with E-state index in [0.717, 1.165) is 45.8 Å². The number of nitrogens with one attached hydrogen (secondary N) is 2. The van der Waals surface area contributed by atoms with Gasteiger partial charge >= 0.3 is 0 Å². The van der Waals surface area contributed by atoms with E-state index in [-0.39, 0.29) is 17.9 Å². The third-order valence-corrected chi connectivity index (χ3v) is 5.83. The van der Waals surface area contributed by atoms with Crippen LogP contribution in [0.4, 0.5) is 0 Å². The number of benzene rings is 1. The number of piperazine rings is 1. The molecule has 2 amide bonds. The SMILES string of the molecule is COCCNC(=O)CN1CCN(CC(=O)NCC2CN(Cc3ccccc3)CCO2)CC1. The summed E-state index contributed by atoms with van der Waals surface area (Å²) in [5.74, 6) is 0.0431. The van der Waals surface area contributed by atoms with Crippen LogP contribution in [-0.2, 0) is 25.6 Å². The number of carbonyl (C=O) groups is 2. The Bertz CT molecular complexity index is 697. The molecule has 2 heterocycles. The summed E-state index contributed by atoms with van der Waals surface area (Å²) in [5.41, 5.74) is 1.30. The van der Waals surface area contributed by atoms with E-state index < -0.39 is 0 Å². The number of morpholine rings is 1. The van der Waals surface area contributed by atoms with E-state index in [9.17, 15) is 9.59 Å². The quantitative estimate of drug-likeness (QED) is 0.438. The Morgan fingerprint density at radius 2 is 1.62 bits per heavy atom. The first kappa shape index (κ1) is 24.6. The fourth-order valence-corrected chi connectivity index (χ4v) is 4.03. The van der Waals surface area contributed by atoms with Crippen LogP contribution >= 0.6 is 0 Å². The molecule has 0 radical (unpaired) electrons. The van der Waals surface area contributed by atoms with E-state index in [1.807, 2.05) is 6.07 Å². The van der Waals surface area contributed by atoms with E-state index in [1.165, 1.54) is 5.56 Å². The van der Waals surface area contributed by atoms with Crippen molar-refractivity contribution in [3.05, 3.63) is 35.9 Å². The zero-order valence-electron chi connectivity index (χ0n) is 19.1. The molecule has 2 aliphatic rings. The molecule has 1 aromatic rings. The Kier molecular flexibility index (Phi) is 10.4. The minimum Gasteiger partial charge on any atom is -0.383 e. The van der Waals surface area contributed by atoms with Crippen LogP contribution in [0.15, 0.2) is 30.3 Å². The lowest BCUT2D eigenvalue weighted by Gasteiger charge is -2.34. The summed E-state index contributed by atoms with van der Waals surface area (Å²) >= 11 is 0. The zero-order chi connectivity index (χ0) is 22.6. The molecule has 32 heavy (non-hydrogen) atoms. The maximum Gasteiger partial charge on any atom is 0.234 e. The van der Waals surface area contributed by atoms with Crippen LogP contribution in [0.3, 0.4) is 0 Å². The second-order valence-corrected chi connectivity index (χ2v) is 8.41. The average molecular weight is 448 g/mol. The number of ether oxygens (including phenoxy) is 2. The highest BCUT2D eigenvalue weighted by atomic mass is 16.5.